The number of aliphatic hydroxyl groups is 1. The molecule has 0 saturated carbocycles. The summed E-state index contributed by atoms with van der Waals surface area (Å²) in [6.45, 7) is 9.55. The van der Waals surface area contributed by atoms with E-state index in [1.165, 1.54) is 0 Å². The molecule has 0 fully saturated rings. The highest BCUT2D eigenvalue weighted by Gasteiger charge is 2.32. The molecule has 2 heteroatoms. The SMILES string of the molecule is CC(C)(C)[C@@H](N)C(C)(C)O. The third kappa shape index (κ3) is 2.67. The summed E-state index contributed by atoms with van der Waals surface area (Å²) in [5, 5.41) is 9.50. The first-order valence-corrected chi connectivity index (χ1v) is 3.63. The van der Waals surface area contributed by atoms with E-state index in [2.05, 4.69) is 0 Å². The van der Waals surface area contributed by atoms with Gasteiger partial charge in [0.2, 0.25) is 0 Å². The second-order valence-electron chi connectivity index (χ2n) is 4.50. The Morgan fingerprint density at radius 2 is 1.40 bits per heavy atom. The van der Waals surface area contributed by atoms with E-state index in [0.717, 1.165) is 0 Å². The maximum atomic E-state index is 9.50. The van der Waals surface area contributed by atoms with E-state index in [9.17, 15) is 5.11 Å². The van der Waals surface area contributed by atoms with E-state index in [4.69, 9.17) is 5.73 Å². The molecule has 10 heavy (non-hydrogen) atoms. The Morgan fingerprint density at radius 3 is 1.40 bits per heavy atom. The Kier molecular flexibility index (Phi) is 2.49. The fourth-order valence-corrected chi connectivity index (χ4v) is 1.06. The highest BCUT2D eigenvalue weighted by Crippen LogP contribution is 2.25. The molecule has 0 amide bonds. The Hall–Kier alpha value is -0.0800. The van der Waals surface area contributed by atoms with Gasteiger partial charge in [-0.3, -0.25) is 0 Å². The lowest BCUT2D eigenvalue weighted by atomic mass is 9.79. The maximum Gasteiger partial charge on any atom is 0.0747 e. The van der Waals surface area contributed by atoms with Crippen LogP contribution in [0, 0.1) is 5.41 Å². The zero-order valence-electron chi connectivity index (χ0n) is 7.60. The fraction of sp³-hybridized carbons (Fsp3) is 1.00. The van der Waals surface area contributed by atoms with Gasteiger partial charge in [-0.1, -0.05) is 20.8 Å². The van der Waals surface area contributed by atoms with E-state index in [0.29, 0.717) is 0 Å². The molecule has 0 radical (unpaired) electrons. The zero-order valence-corrected chi connectivity index (χ0v) is 7.60. The minimum atomic E-state index is -0.780. The summed E-state index contributed by atoms with van der Waals surface area (Å²) in [5.41, 5.74) is 4.97. The van der Waals surface area contributed by atoms with Crippen molar-refractivity contribution in [3.63, 3.8) is 0 Å². The molecule has 0 heterocycles. The molecule has 0 aliphatic heterocycles. The molecule has 3 N–H and O–H groups in total. The van der Waals surface area contributed by atoms with Crippen LogP contribution in [-0.4, -0.2) is 16.7 Å². The van der Waals surface area contributed by atoms with Crippen LogP contribution in [0.2, 0.25) is 0 Å². The molecule has 0 aromatic rings. The summed E-state index contributed by atoms with van der Waals surface area (Å²) < 4.78 is 0. The minimum absolute atomic E-state index is 0.0295. The van der Waals surface area contributed by atoms with Crippen LogP contribution >= 0.6 is 0 Å². The molecule has 0 bridgehead atoms. The molecule has 0 rings (SSSR count). The molecule has 0 saturated heterocycles. The van der Waals surface area contributed by atoms with Crippen molar-refractivity contribution >= 4 is 0 Å². The number of nitrogens with two attached hydrogens (primary N) is 1. The van der Waals surface area contributed by atoms with Gasteiger partial charge in [0.1, 0.15) is 0 Å². The van der Waals surface area contributed by atoms with Crippen LogP contribution in [0.15, 0.2) is 0 Å². The molecule has 62 valence electrons. The van der Waals surface area contributed by atoms with Crippen molar-refractivity contribution in [3.05, 3.63) is 0 Å². The highest BCUT2D eigenvalue weighted by atomic mass is 16.3. The number of rotatable bonds is 1. The maximum absolute atomic E-state index is 9.50. The molecule has 0 aliphatic carbocycles. The largest absolute Gasteiger partial charge is 0.389 e. The van der Waals surface area contributed by atoms with Crippen molar-refractivity contribution in [2.75, 3.05) is 0 Å². The zero-order chi connectivity index (χ0) is 8.58. The van der Waals surface area contributed by atoms with Crippen LogP contribution in [-0.2, 0) is 0 Å². The lowest BCUT2D eigenvalue weighted by Crippen LogP contribution is -2.51. The predicted octanol–water partition coefficient (Wildman–Crippen LogP) is 1.13. The van der Waals surface area contributed by atoms with Gasteiger partial charge in [-0.15, -0.1) is 0 Å². The molecule has 1 atom stereocenters. The Bertz CT molecular complexity index is 93.4. The van der Waals surface area contributed by atoms with Crippen molar-refractivity contribution in [1.82, 2.24) is 0 Å². The van der Waals surface area contributed by atoms with E-state index < -0.39 is 5.60 Å². The minimum Gasteiger partial charge on any atom is -0.389 e. The van der Waals surface area contributed by atoms with Crippen molar-refractivity contribution < 1.29 is 5.11 Å². The quantitative estimate of drug-likeness (QED) is 0.581. The highest BCUT2D eigenvalue weighted by molar-refractivity contribution is 4.89. The van der Waals surface area contributed by atoms with Crippen molar-refractivity contribution in [2.45, 2.75) is 46.3 Å². The number of hydrogen-bond donors (Lipinski definition) is 2. The lowest BCUT2D eigenvalue weighted by molar-refractivity contribution is 0.0124. The van der Waals surface area contributed by atoms with Gasteiger partial charge in [-0.2, -0.15) is 0 Å². The van der Waals surface area contributed by atoms with Gasteiger partial charge < -0.3 is 10.8 Å². The Morgan fingerprint density at radius 1 is 1.10 bits per heavy atom. The topological polar surface area (TPSA) is 46.2 Å². The van der Waals surface area contributed by atoms with Crippen LogP contribution in [0.1, 0.15) is 34.6 Å². The normalized spacial score (nSPS) is 17.1. The van der Waals surface area contributed by atoms with Gasteiger partial charge >= 0.3 is 0 Å². The summed E-state index contributed by atoms with van der Waals surface area (Å²) in [6.07, 6.45) is 0. The average Bonchev–Trinajstić information content (AvgIpc) is 1.59. The standard InChI is InChI=1S/C8H19NO/c1-7(2,3)6(9)8(4,5)10/h6,10H,9H2,1-5H3/t6-/m1/s1. The molecule has 0 aromatic heterocycles. The lowest BCUT2D eigenvalue weighted by Gasteiger charge is -2.36. The van der Waals surface area contributed by atoms with Gasteiger partial charge in [-0.05, 0) is 19.3 Å². The Labute approximate surface area is 63.4 Å². The molecular weight excluding hydrogens is 126 g/mol. The average molecular weight is 145 g/mol. The van der Waals surface area contributed by atoms with E-state index >= 15 is 0 Å². The second-order valence-corrected chi connectivity index (χ2v) is 4.50. The summed E-state index contributed by atoms with van der Waals surface area (Å²) in [4.78, 5) is 0. The smallest absolute Gasteiger partial charge is 0.0747 e. The third-order valence-corrected chi connectivity index (χ3v) is 1.69. The van der Waals surface area contributed by atoms with Crippen LogP contribution in [0.4, 0.5) is 0 Å². The summed E-state index contributed by atoms with van der Waals surface area (Å²) >= 11 is 0. The van der Waals surface area contributed by atoms with Gasteiger partial charge in [0.15, 0.2) is 0 Å². The van der Waals surface area contributed by atoms with Gasteiger partial charge in [0.05, 0.1) is 5.60 Å². The summed E-state index contributed by atoms with van der Waals surface area (Å²) in [6, 6.07) is -0.181. The predicted molar refractivity (Wildman–Crippen MR) is 43.7 cm³/mol. The number of hydrogen-bond acceptors (Lipinski definition) is 2. The van der Waals surface area contributed by atoms with Crippen LogP contribution in [0.3, 0.4) is 0 Å². The molecule has 0 unspecified atom stereocenters. The summed E-state index contributed by atoms with van der Waals surface area (Å²) in [7, 11) is 0. The van der Waals surface area contributed by atoms with Crippen LogP contribution < -0.4 is 5.73 Å². The first-order valence-electron chi connectivity index (χ1n) is 3.63. The monoisotopic (exact) mass is 145 g/mol. The van der Waals surface area contributed by atoms with Crippen LogP contribution in [0.5, 0.6) is 0 Å². The van der Waals surface area contributed by atoms with E-state index in [1.54, 1.807) is 13.8 Å². The molecule has 0 spiro atoms. The summed E-state index contributed by atoms with van der Waals surface area (Å²) in [5.74, 6) is 0. The third-order valence-electron chi connectivity index (χ3n) is 1.69. The molecule has 2 nitrogen and oxygen atoms in total. The van der Waals surface area contributed by atoms with E-state index in [-0.39, 0.29) is 11.5 Å². The molecule has 0 aliphatic rings. The first-order chi connectivity index (χ1) is 4.15. The van der Waals surface area contributed by atoms with Crippen molar-refractivity contribution in [1.29, 1.82) is 0 Å². The second kappa shape index (κ2) is 2.51. The molecule has 0 aromatic carbocycles. The van der Waals surface area contributed by atoms with Gasteiger partial charge in [-0.25, -0.2) is 0 Å². The van der Waals surface area contributed by atoms with E-state index in [1.807, 2.05) is 20.8 Å². The first kappa shape index (κ1) is 9.92. The molecular formula is C8H19NO. The van der Waals surface area contributed by atoms with Gasteiger partial charge in [0.25, 0.3) is 0 Å². The van der Waals surface area contributed by atoms with Crippen LogP contribution in [0.25, 0.3) is 0 Å². The Balaban J connectivity index is 4.23. The van der Waals surface area contributed by atoms with Crippen molar-refractivity contribution in [3.8, 4) is 0 Å². The van der Waals surface area contributed by atoms with Crippen molar-refractivity contribution in [2.24, 2.45) is 11.1 Å². The fourth-order valence-electron chi connectivity index (χ4n) is 1.06. The van der Waals surface area contributed by atoms with Gasteiger partial charge in [0, 0.05) is 6.04 Å².